The van der Waals surface area contributed by atoms with E-state index in [-0.39, 0.29) is 0 Å². The van der Waals surface area contributed by atoms with E-state index in [1.165, 1.54) is 0 Å². The van der Waals surface area contributed by atoms with E-state index in [1.54, 1.807) is 32.1 Å². The lowest BCUT2D eigenvalue weighted by Crippen LogP contribution is -2.56. The molecule has 4 fully saturated rings. The predicted molar refractivity (Wildman–Crippen MR) is 63.7 cm³/mol. The van der Waals surface area contributed by atoms with Crippen molar-refractivity contribution in [3.05, 3.63) is 0 Å². The lowest BCUT2D eigenvalue weighted by atomic mass is 9.54. The van der Waals surface area contributed by atoms with Crippen LogP contribution in [0.15, 0.2) is 0 Å². The highest BCUT2D eigenvalue weighted by molar-refractivity contribution is 5.02. The van der Waals surface area contributed by atoms with E-state index in [0.29, 0.717) is 0 Å². The molecule has 0 radical (unpaired) electrons. The summed E-state index contributed by atoms with van der Waals surface area (Å²) in [5.74, 6) is 4.33. The van der Waals surface area contributed by atoms with Crippen LogP contribution >= 0.6 is 0 Å². The second-order valence-corrected chi connectivity index (χ2v) is 6.68. The minimum atomic E-state index is 0.729. The second kappa shape index (κ2) is 3.48. The molecule has 0 heterocycles. The van der Waals surface area contributed by atoms with Gasteiger partial charge in [0.15, 0.2) is 0 Å². The summed E-state index contributed by atoms with van der Waals surface area (Å²) in [6.07, 6.45) is 7.78. The van der Waals surface area contributed by atoms with Crippen LogP contribution in [0.5, 0.6) is 0 Å². The molecule has 0 saturated heterocycles. The summed E-state index contributed by atoms with van der Waals surface area (Å²) < 4.78 is 0. The van der Waals surface area contributed by atoms with Crippen molar-refractivity contribution >= 4 is 0 Å². The van der Waals surface area contributed by atoms with Gasteiger partial charge >= 0.3 is 0 Å². The summed E-state index contributed by atoms with van der Waals surface area (Å²) in [5.41, 5.74) is 0. The van der Waals surface area contributed by atoms with Crippen LogP contribution in [-0.2, 0) is 0 Å². The average molecular weight is 207 g/mol. The van der Waals surface area contributed by atoms with E-state index in [0.717, 1.165) is 35.8 Å². The topological polar surface area (TPSA) is 3.24 Å². The molecule has 86 valence electrons. The average Bonchev–Trinajstić information content (AvgIpc) is 2.15. The largest absolute Gasteiger partial charge is 0.300 e. The van der Waals surface area contributed by atoms with Gasteiger partial charge in [-0.1, -0.05) is 0 Å². The zero-order valence-corrected chi connectivity index (χ0v) is 10.4. The predicted octanol–water partition coefficient (Wildman–Crippen LogP) is 3.15. The number of nitrogens with zero attached hydrogens (tertiary/aromatic N) is 1. The van der Waals surface area contributed by atoms with Crippen LogP contribution < -0.4 is 0 Å². The fourth-order valence-corrected chi connectivity index (χ4v) is 4.91. The third kappa shape index (κ3) is 1.54. The van der Waals surface area contributed by atoms with E-state index in [2.05, 4.69) is 25.8 Å². The molecular weight excluding hydrogens is 182 g/mol. The second-order valence-electron chi connectivity index (χ2n) is 6.68. The summed E-state index contributed by atoms with van der Waals surface area (Å²) in [6.45, 7) is 4.70. The van der Waals surface area contributed by atoms with Gasteiger partial charge in [-0.25, -0.2) is 0 Å². The first-order chi connectivity index (χ1) is 7.15. The number of rotatable bonds is 2. The summed E-state index contributed by atoms with van der Waals surface area (Å²) in [6, 6.07) is 1.66. The van der Waals surface area contributed by atoms with Crippen molar-refractivity contribution in [2.24, 2.45) is 23.7 Å². The Morgan fingerprint density at radius 2 is 1.33 bits per heavy atom. The Bertz CT molecular complexity index is 218. The van der Waals surface area contributed by atoms with Gasteiger partial charge in [0.2, 0.25) is 0 Å². The van der Waals surface area contributed by atoms with Gasteiger partial charge in [-0.3, -0.25) is 0 Å². The highest BCUT2D eigenvalue weighted by Gasteiger charge is 2.49. The van der Waals surface area contributed by atoms with Crippen LogP contribution in [0, 0.1) is 23.7 Å². The lowest BCUT2D eigenvalue weighted by Gasteiger charge is -2.57. The highest BCUT2D eigenvalue weighted by Crippen LogP contribution is 2.55. The lowest BCUT2D eigenvalue weighted by molar-refractivity contribution is -0.0656. The Morgan fingerprint density at radius 3 is 1.73 bits per heavy atom. The molecule has 0 amide bonds. The Labute approximate surface area is 94.2 Å². The quantitative estimate of drug-likeness (QED) is 0.672. The fourth-order valence-electron chi connectivity index (χ4n) is 4.91. The van der Waals surface area contributed by atoms with Crippen molar-refractivity contribution in [2.75, 3.05) is 7.05 Å². The number of hydrogen-bond donors (Lipinski definition) is 0. The molecule has 4 saturated carbocycles. The van der Waals surface area contributed by atoms with Crippen LogP contribution in [0.4, 0.5) is 0 Å². The van der Waals surface area contributed by atoms with E-state index in [9.17, 15) is 0 Å². The molecule has 0 unspecified atom stereocenters. The fraction of sp³-hybridized carbons (Fsp3) is 1.00. The van der Waals surface area contributed by atoms with E-state index >= 15 is 0 Å². The van der Waals surface area contributed by atoms with Gasteiger partial charge in [-0.05, 0) is 76.7 Å². The molecule has 4 aliphatic rings. The summed E-state index contributed by atoms with van der Waals surface area (Å²) in [4.78, 5) is 2.67. The van der Waals surface area contributed by atoms with Crippen LogP contribution in [-0.4, -0.2) is 24.0 Å². The maximum atomic E-state index is 2.67. The molecule has 15 heavy (non-hydrogen) atoms. The van der Waals surface area contributed by atoms with Crippen molar-refractivity contribution in [1.82, 2.24) is 4.90 Å². The van der Waals surface area contributed by atoms with Gasteiger partial charge in [-0.15, -0.1) is 0 Å². The van der Waals surface area contributed by atoms with Gasteiger partial charge in [0, 0.05) is 12.1 Å². The molecule has 4 rings (SSSR count). The molecule has 0 aromatic carbocycles. The monoisotopic (exact) mass is 207 g/mol. The smallest absolute Gasteiger partial charge is 0.0152 e. The van der Waals surface area contributed by atoms with Crippen molar-refractivity contribution in [3.8, 4) is 0 Å². The van der Waals surface area contributed by atoms with E-state index < -0.39 is 0 Å². The molecule has 0 aliphatic heterocycles. The third-order valence-electron chi connectivity index (χ3n) is 5.46. The third-order valence-corrected chi connectivity index (χ3v) is 5.46. The first-order valence-corrected chi connectivity index (χ1v) is 6.87. The molecule has 4 aliphatic carbocycles. The van der Waals surface area contributed by atoms with Crippen molar-refractivity contribution in [3.63, 3.8) is 0 Å². The van der Waals surface area contributed by atoms with Crippen LogP contribution in [0.3, 0.4) is 0 Å². The molecule has 0 atom stereocenters. The molecule has 0 N–H and O–H groups in total. The maximum absolute atomic E-state index is 2.67. The van der Waals surface area contributed by atoms with Gasteiger partial charge < -0.3 is 4.90 Å². The molecular formula is C14H25N. The molecule has 0 aromatic heterocycles. The van der Waals surface area contributed by atoms with E-state index in [1.807, 2.05) is 0 Å². The van der Waals surface area contributed by atoms with Crippen molar-refractivity contribution in [2.45, 2.75) is 58.0 Å². The Hall–Kier alpha value is -0.0400. The van der Waals surface area contributed by atoms with Crippen molar-refractivity contribution < 1.29 is 0 Å². The molecule has 1 nitrogen and oxygen atoms in total. The Balaban J connectivity index is 1.80. The Morgan fingerprint density at radius 1 is 0.867 bits per heavy atom. The zero-order chi connectivity index (χ0) is 10.6. The standard InChI is InChI=1S/C14H25N/c1-9(2)15(3)14-12-5-10-4-11(7-12)8-13(14)6-10/h9-14H,4-8H2,1-3H3. The molecule has 4 bridgehead atoms. The van der Waals surface area contributed by atoms with Crippen molar-refractivity contribution in [1.29, 1.82) is 0 Å². The van der Waals surface area contributed by atoms with Crippen LogP contribution in [0.25, 0.3) is 0 Å². The van der Waals surface area contributed by atoms with Gasteiger partial charge in [0.1, 0.15) is 0 Å². The van der Waals surface area contributed by atoms with Gasteiger partial charge in [0.25, 0.3) is 0 Å². The molecule has 0 spiro atoms. The SMILES string of the molecule is CC(C)N(C)C1C2CC3CC(C2)CC1C3. The summed E-state index contributed by atoms with van der Waals surface area (Å²) in [7, 11) is 2.36. The molecule has 1 heteroatoms. The highest BCUT2D eigenvalue weighted by atomic mass is 15.2. The van der Waals surface area contributed by atoms with Crippen LogP contribution in [0.1, 0.15) is 46.0 Å². The van der Waals surface area contributed by atoms with Gasteiger partial charge in [0.05, 0.1) is 0 Å². The molecule has 0 aromatic rings. The van der Waals surface area contributed by atoms with Crippen LogP contribution in [0.2, 0.25) is 0 Å². The Kier molecular flexibility index (Phi) is 2.35. The minimum Gasteiger partial charge on any atom is -0.300 e. The zero-order valence-electron chi connectivity index (χ0n) is 10.4. The first kappa shape index (κ1) is 10.1. The van der Waals surface area contributed by atoms with E-state index in [4.69, 9.17) is 0 Å². The summed E-state index contributed by atoms with van der Waals surface area (Å²) in [5, 5.41) is 0. The summed E-state index contributed by atoms with van der Waals surface area (Å²) >= 11 is 0. The normalized spacial score (nSPS) is 48.2. The first-order valence-electron chi connectivity index (χ1n) is 6.87. The maximum Gasteiger partial charge on any atom is 0.0152 e. The number of hydrogen-bond acceptors (Lipinski definition) is 1. The van der Waals surface area contributed by atoms with Gasteiger partial charge in [-0.2, -0.15) is 0 Å². The minimum absolute atomic E-state index is 0.729.